The molecule has 2 aromatic rings. The van der Waals surface area contributed by atoms with E-state index in [1.807, 2.05) is 32.0 Å². The summed E-state index contributed by atoms with van der Waals surface area (Å²) in [5.74, 6) is 0.631. The van der Waals surface area contributed by atoms with Crippen LogP contribution in [0.15, 0.2) is 36.4 Å². The van der Waals surface area contributed by atoms with Gasteiger partial charge in [-0.15, -0.1) is 0 Å². The Balaban J connectivity index is 2.25. The van der Waals surface area contributed by atoms with Gasteiger partial charge in [-0.25, -0.2) is 4.39 Å². The number of nitrogens with two attached hydrogens (primary N) is 1. The van der Waals surface area contributed by atoms with Gasteiger partial charge in [0.2, 0.25) is 0 Å². The molecule has 20 heavy (non-hydrogen) atoms. The number of benzene rings is 2. The van der Waals surface area contributed by atoms with E-state index < -0.39 is 5.82 Å². The first kappa shape index (κ1) is 14.8. The molecule has 1 atom stereocenters. The molecule has 0 amide bonds. The fourth-order valence-corrected chi connectivity index (χ4v) is 2.04. The Labute approximate surface area is 123 Å². The van der Waals surface area contributed by atoms with Crippen LogP contribution in [-0.4, -0.2) is 6.04 Å². The second kappa shape index (κ2) is 6.25. The Morgan fingerprint density at radius 3 is 2.65 bits per heavy atom. The summed E-state index contributed by atoms with van der Waals surface area (Å²) in [5, 5.41) is 0.0831. The van der Waals surface area contributed by atoms with E-state index in [9.17, 15) is 4.39 Å². The van der Waals surface area contributed by atoms with Crippen molar-refractivity contribution in [3.8, 4) is 11.5 Å². The standard InChI is InChI=1S/C16H17ClFNO/c1-10-3-4-12(7-11(2)19)8-16(10)20-13-5-6-14(17)15(18)9-13/h3-6,8-9,11H,7,19H2,1-2H3. The average molecular weight is 294 g/mol. The van der Waals surface area contributed by atoms with Gasteiger partial charge in [-0.1, -0.05) is 23.7 Å². The van der Waals surface area contributed by atoms with Crippen LogP contribution in [0.2, 0.25) is 5.02 Å². The lowest BCUT2D eigenvalue weighted by molar-refractivity contribution is 0.472. The average Bonchev–Trinajstić information content (AvgIpc) is 2.37. The molecule has 0 saturated carbocycles. The summed E-state index contributed by atoms with van der Waals surface area (Å²) in [4.78, 5) is 0. The van der Waals surface area contributed by atoms with Gasteiger partial charge in [0.05, 0.1) is 5.02 Å². The van der Waals surface area contributed by atoms with Crippen LogP contribution >= 0.6 is 11.6 Å². The van der Waals surface area contributed by atoms with E-state index >= 15 is 0 Å². The highest BCUT2D eigenvalue weighted by Crippen LogP contribution is 2.28. The summed E-state index contributed by atoms with van der Waals surface area (Å²) < 4.78 is 19.1. The van der Waals surface area contributed by atoms with Gasteiger partial charge in [0.25, 0.3) is 0 Å². The Bertz CT molecular complexity index is 613. The molecule has 1 unspecified atom stereocenters. The van der Waals surface area contributed by atoms with E-state index in [1.54, 1.807) is 6.07 Å². The van der Waals surface area contributed by atoms with Crippen molar-refractivity contribution in [1.82, 2.24) is 0 Å². The molecule has 0 spiro atoms. The van der Waals surface area contributed by atoms with E-state index in [0.29, 0.717) is 11.5 Å². The first-order valence-electron chi connectivity index (χ1n) is 6.43. The van der Waals surface area contributed by atoms with Gasteiger partial charge in [0.1, 0.15) is 17.3 Å². The maximum absolute atomic E-state index is 13.4. The van der Waals surface area contributed by atoms with Crippen molar-refractivity contribution in [2.24, 2.45) is 5.73 Å². The van der Waals surface area contributed by atoms with Gasteiger partial charge in [0.15, 0.2) is 0 Å². The molecule has 0 aliphatic heterocycles. The van der Waals surface area contributed by atoms with Crippen LogP contribution in [-0.2, 0) is 6.42 Å². The van der Waals surface area contributed by atoms with Crippen LogP contribution in [0.4, 0.5) is 4.39 Å². The van der Waals surface area contributed by atoms with Crippen LogP contribution in [0.5, 0.6) is 11.5 Å². The Hall–Kier alpha value is -1.58. The zero-order chi connectivity index (χ0) is 14.7. The zero-order valence-electron chi connectivity index (χ0n) is 11.5. The molecule has 0 bridgehead atoms. The molecule has 0 aromatic heterocycles. The predicted octanol–water partition coefficient (Wildman–Crippen LogP) is 4.47. The molecule has 2 N–H and O–H groups in total. The summed E-state index contributed by atoms with van der Waals surface area (Å²) in [6, 6.07) is 10.4. The number of ether oxygens (including phenoxy) is 1. The van der Waals surface area contributed by atoms with Crippen LogP contribution in [0.3, 0.4) is 0 Å². The van der Waals surface area contributed by atoms with Crippen molar-refractivity contribution in [3.63, 3.8) is 0 Å². The number of halogens is 2. The highest BCUT2D eigenvalue weighted by Gasteiger charge is 2.07. The SMILES string of the molecule is Cc1ccc(CC(C)N)cc1Oc1ccc(Cl)c(F)c1. The molecule has 2 aromatic carbocycles. The summed E-state index contributed by atoms with van der Waals surface area (Å²) in [6.45, 7) is 3.90. The maximum atomic E-state index is 13.4. The topological polar surface area (TPSA) is 35.2 Å². The summed E-state index contributed by atoms with van der Waals surface area (Å²) in [5.41, 5.74) is 7.87. The minimum Gasteiger partial charge on any atom is -0.457 e. The van der Waals surface area contributed by atoms with E-state index in [4.69, 9.17) is 22.1 Å². The van der Waals surface area contributed by atoms with Gasteiger partial charge in [-0.3, -0.25) is 0 Å². The van der Waals surface area contributed by atoms with Gasteiger partial charge in [-0.2, -0.15) is 0 Å². The number of hydrogen-bond donors (Lipinski definition) is 1. The van der Waals surface area contributed by atoms with Crippen molar-refractivity contribution in [2.45, 2.75) is 26.3 Å². The monoisotopic (exact) mass is 293 g/mol. The fraction of sp³-hybridized carbons (Fsp3) is 0.250. The molecule has 4 heteroatoms. The number of hydrogen-bond acceptors (Lipinski definition) is 2. The minimum absolute atomic E-state index is 0.0820. The van der Waals surface area contributed by atoms with Gasteiger partial charge < -0.3 is 10.5 Å². The van der Waals surface area contributed by atoms with Crippen molar-refractivity contribution < 1.29 is 9.13 Å². The van der Waals surface area contributed by atoms with Crippen LogP contribution in [0.1, 0.15) is 18.1 Å². The second-order valence-corrected chi connectivity index (χ2v) is 5.37. The molecule has 0 aliphatic carbocycles. The highest BCUT2D eigenvalue weighted by atomic mass is 35.5. The molecule has 0 radical (unpaired) electrons. The second-order valence-electron chi connectivity index (χ2n) is 4.96. The van der Waals surface area contributed by atoms with Crippen LogP contribution in [0, 0.1) is 12.7 Å². The third-order valence-corrected chi connectivity index (χ3v) is 3.24. The Morgan fingerprint density at radius 1 is 1.25 bits per heavy atom. The van der Waals surface area contributed by atoms with Crippen LogP contribution in [0.25, 0.3) is 0 Å². The van der Waals surface area contributed by atoms with Gasteiger partial charge in [0, 0.05) is 12.1 Å². The molecule has 0 fully saturated rings. The zero-order valence-corrected chi connectivity index (χ0v) is 12.2. The Morgan fingerprint density at radius 2 is 2.00 bits per heavy atom. The number of rotatable bonds is 4. The van der Waals surface area contributed by atoms with E-state index in [0.717, 1.165) is 17.5 Å². The third kappa shape index (κ3) is 3.71. The third-order valence-electron chi connectivity index (χ3n) is 2.93. The van der Waals surface area contributed by atoms with Gasteiger partial charge >= 0.3 is 0 Å². The molecule has 106 valence electrons. The largest absolute Gasteiger partial charge is 0.457 e. The molecule has 0 heterocycles. The Kier molecular flexibility index (Phi) is 4.63. The van der Waals surface area contributed by atoms with Crippen molar-refractivity contribution >= 4 is 11.6 Å². The van der Waals surface area contributed by atoms with Gasteiger partial charge in [-0.05, 0) is 49.6 Å². The first-order chi connectivity index (χ1) is 9.45. The molecule has 0 aliphatic rings. The smallest absolute Gasteiger partial charge is 0.145 e. The van der Waals surface area contributed by atoms with Crippen molar-refractivity contribution in [3.05, 3.63) is 58.4 Å². The quantitative estimate of drug-likeness (QED) is 0.902. The molecular formula is C16H17ClFNO. The van der Waals surface area contributed by atoms with E-state index in [2.05, 4.69) is 0 Å². The first-order valence-corrected chi connectivity index (χ1v) is 6.81. The summed E-state index contributed by atoms with van der Waals surface area (Å²) >= 11 is 5.65. The summed E-state index contributed by atoms with van der Waals surface area (Å²) in [6.07, 6.45) is 0.769. The normalized spacial score (nSPS) is 12.2. The molecular weight excluding hydrogens is 277 g/mol. The van der Waals surface area contributed by atoms with E-state index in [1.165, 1.54) is 12.1 Å². The van der Waals surface area contributed by atoms with Crippen molar-refractivity contribution in [2.75, 3.05) is 0 Å². The minimum atomic E-state index is -0.492. The maximum Gasteiger partial charge on any atom is 0.145 e. The lowest BCUT2D eigenvalue weighted by Gasteiger charge is -2.12. The lowest BCUT2D eigenvalue weighted by atomic mass is 10.1. The lowest BCUT2D eigenvalue weighted by Crippen LogP contribution is -2.17. The molecule has 2 rings (SSSR count). The van der Waals surface area contributed by atoms with Crippen molar-refractivity contribution in [1.29, 1.82) is 0 Å². The highest BCUT2D eigenvalue weighted by molar-refractivity contribution is 6.30. The van der Waals surface area contributed by atoms with Crippen LogP contribution < -0.4 is 10.5 Å². The number of aryl methyl sites for hydroxylation is 1. The van der Waals surface area contributed by atoms with E-state index in [-0.39, 0.29) is 11.1 Å². The summed E-state index contributed by atoms with van der Waals surface area (Å²) in [7, 11) is 0. The fourth-order valence-electron chi connectivity index (χ4n) is 1.92. The molecule has 2 nitrogen and oxygen atoms in total. The molecule has 0 saturated heterocycles. The predicted molar refractivity (Wildman–Crippen MR) is 80.0 cm³/mol.